The van der Waals surface area contributed by atoms with Crippen molar-refractivity contribution in [2.24, 2.45) is 0 Å². The van der Waals surface area contributed by atoms with Crippen molar-refractivity contribution in [3.63, 3.8) is 0 Å². The summed E-state index contributed by atoms with van der Waals surface area (Å²) in [5, 5.41) is 14.0. The lowest BCUT2D eigenvalue weighted by Gasteiger charge is -2.16. The Hall–Kier alpha value is -0.450. The zero-order chi connectivity index (χ0) is 8.97. The summed E-state index contributed by atoms with van der Waals surface area (Å²) in [4.78, 5) is 4.18. The molecule has 0 aliphatic carbocycles. The Balaban J connectivity index is 2.44. The van der Waals surface area contributed by atoms with Gasteiger partial charge in [0.2, 0.25) is 0 Å². The van der Waals surface area contributed by atoms with Crippen LogP contribution in [-0.4, -0.2) is 22.7 Å². The van der Waals surface area contributed by atoms with Crippen LogP contribution < -0.4 is 5.32 Å². The Kier molecular flexibility index (Phi) is 3.65. The van der Waals surface area contributed by atoms with Gasteiger partial charge in [-0.3, -0.25) is 0 Å². The van der Waals surface area contributed by atoms with Crippen LogP contribution in [0, 0.1) is 0 Å². The minimum atomic E-state index is 0.127. The van der Waals surface area contributed by atoms with E-state index in [9.17, 15) is 0 Å². The van der Waals surface area contributed by atoms with Gasteiger partial charge >= 0.3 is 0 Å². The lowest BCUT2D eigenvalue weighted by molar-refractivity contribution is 0.242. The predicted octanol–water partition coefficient (Wildman–Crippen LogP) is 1.17. The Bertz CT molecular complexity index is 213. The molecule has 0 amide bonds. The van der Waals surface area contributed by atoms with Crippen LogP contribution in [-0.2, 0) is 0 Å². The number of nitrogens with zero attached hydrogens (tertiary/aromatic N) is 1. The summed E-state index contributed by atoms with van der Waals surface area (Å²) in [5.74, 6) is 0. The highest BCUT2D eigenvalue weighted by molar-refractivity contribution is 7.07. The summed E-state index contributed by atoms with van der Waals surface area (Å²) in [6.45, 7) is 4.15. The van der Waals surface area contributed by atoms with Gasteiger partial charge in [0.15, 0.2) is 0 Å². The third kappa shape index (κ3) is 2.55. The van der Waals surface area contributed by atoms with Crippen LogP contribution in [0.3, 0.4) is 0 Å². The minimum Gasteiger partial charge on any atom is -0.395 e. The molecular weight excluding hydrogens is 172 g/mol. The number of nitrogens with one attached hydrogen (secondary N) is 1. The third-order valence-corrected chi connectivity index (χ3v) is 2.31. The van der Waals surface area contributed by atoms with Gasteiger partial charge in [0.1, 0.15) is 0 Å². The van der Waals surface area contributed by atoms with Crippen molar-refractivity contribution < 1.29 is 5.11 Å². The second-order valence-corrected chi connectivity index (χ2v) is 3.60. The first-order chi connectivity index (χ1) is 5.74. The molecule has 12 heavy (non-hydrogen) atoms. The summed E-state index contributed by atoms with van der Waals surface area (Å²) in [7, 11) is 0. The van der Waals surface area contributed by atoms with Gasteiger partial charge < -0.3 is 10.4 Å². The minimum absolute atomic E-state index is 0.127. The van der Waals surface area contributed by atoms with Crippen LogP contribution in [0.4, 0.5) is 0 Å². The molecule has 0 saturated carbocycles. The van der Waals surface area contributed by atoms with E-state index in [1.54, 1.807) is 11.3 Å². The maximum atomic E-state index is 8.80. The summed E-state index contributed by atoms with van der Waals surface area (Å²) in [6.07, 6.45) is 0. The molecule has 0 bridgehead atoms. The highest BCUT2D eigenvalue weighted by Gasteiger charge is 2.09. The lowest BCUT2D eigenvalue weighted by atomic mass is 10.2. The predicted molar refractivity (Wildman–Crippen MR) is 50.2 cm³/mol. The van der Waals surface area contributed by atoms with Gasteiger partial charge in [-0.2, -0.15) is 0 Å². The zero-order valence-corrected chi connectivity index (χ0v) is 8.14. The topological polar surface area (TPSA) is 45.1 Å². The molecule has 0 aromatic carbocycles. The van der Waals surface area contributed by atoms with Crippen LogP contribution in [0.5, 0.6) is 0 Å². The smallest absolute Gasteiger partial charge is 0.0795 e. The van der Waals surface area contributed by atoms with Crippen LogP contribution in [0.2, 0.25) is 0 Å². The molecule has 0 aliphatic heterocycles. The van der Waals surface area contributed by atoms with E-state index in [4.69, 9.17) is 5.11 Å². The molecule has 3 nitrogen and oxygen atoms in total. The molecule has 0 aliphatic rings. The SMILES string of the molecule is CC(N[C@H](C)CO)c1cscn1. The highest BCUT2D eigenvalue weighted by Crippen LogP contribution is 2.12. The Morgan fingerprint density at radius 3 is 2.92 bits per heavy atom. The zero-order valence-electron chi connectivity index (χ0n) is 7.32. The molecule has 0 saturated heterocycles. The summed E-state index contributed by atoms with van der Waals surface area (Å²) in [5.41, 5.74) is 2.86. The van der Waals surface area contributed by atoms with Gasteiger partial charge in [-0.1, -0.05) is 0 Å². The second-order valence-electron chi connectivity index (χ2n) is 2.89. The second kappa shape index (κ2) is 4.54. The van der Waals surface area contributed by atoms with Crippen molar-refractivity contribution in [3.8, 4) is 0 Å². The monoisotopic (exact) mass is 186 g/mol. The average molecular weight is 186 g/mol. The maximum Gasteiger partial charge on any atom is 0.0795 e. The lowest BCUT2D eigenvalue weighted by Crippen LogP contribution is -2.31. The fourth-order valence-corrected chi connectivity index (χ4v) is 1.65. The molecule has 2 atom stereocenters. The van der Waals surface area contributed by atoms with E-state index in [1.807, 2.05) is 24.7 Å². The molecule has 1 rings (SSSR count). The van der Waals surface area contributed by atoms with Gasteiger partial charge in [-0.15, -0.1) is 11.3 Å². The van der Waals surface area contributed by atoms with Crippen LogP contribution in [0.1, 0.15) is 25.6 Å². The molecule has 0 spiro atoms. The molecule has 0 radical (unpaired) electrons. The van der Waals surface area contributed by atoms with Crippen molar-refractivity contribution in [1.29, 1.82) is 0 Å². The molecule has 68 valence electrons. The van der Waals surface area contributed by atoms with E-state index in [0.29, 0.717) is 0 Å². The maximum absolute atomic E-state index is 8.80. The van der Waals surface area contributed by atoms with Gasteiger partial charge in [0.25, 0.3) is 0 Å². The number of aliphatic hydroxyl groups is 1. The first kappa shape index (κ1) is 9.64. The van der Waals surface area contributed by atoms with E-state index in [2.05, 4.69) is 10.3 Å². The van der Waals surface area contributed by atoms with E-state index < -0.39 is 0 Å². The normalized spacial score (nSPS) is 15.9. The van der Waals surface area contributed by atoms with Gasteiger partial charge in [0, 0.05) is 17.5 Å². The summed E-state index contributed by atoms with van der Waals surface area (Å²) >= 11 is 1.59. The molecule has 0 fully saturated rings. The van der Waals surface area contributed by atoms with Crippen molar-refractivity contribution in [3.05, 3.63) is 16.6 Å². The molecular formula is C8H14N2OS. The van der Waals surface area contributed by atoms with Crippen LogP contribution in [0.15, 0.2) is 10.9 Å². The quantitative estimate of drug-likeness (QED) is 0.742. The molecule has 4 heteroatoms. The highest BCUT2D eigenvalue weighted by atomic mass is 32.1. The van der Waals surface area contributed by atoms with E-state index in [0.717, 1.165) is 5.69 Å². The largest absolute Gasteiger partial charge is 0.395 e. The first-order valence-corrected chi connectivity index (χ1v) is 4.93. The van der Waals surface area contributed by atoms with Gasteiger partial charge in [0.05, 0.1) is 17.8 Å². The standard InChI is InChI=1S/C8H14N2OS/c1-6(3-11)10-7(2)8-4-12-5-9-8/h4-7,10-11H,3H2,1-2H3/t6-,7?/m1/s1. The molecule has 1 heterocycles. The Labute approximate surface area is 76.5 Å². The van der Waals surface area contributed by atoms with E-state index in [1.165, 1.54) is 0 Å². The van der Waals surface area contributed by atoms with Crippen molar-refractivity contribution in [2.45, 2.75) is 25.9 Å². The first-order valence-electron chi connectivity index (χ1n) is 3.99. The van der Waals surface area contributed by atoms with E-state index >= 15 is 0 Å². The number of aromatic nitrogens is 1. The molecule has 2 N–H and O–H groups in total. The summed E-state index contributed by atoms with van der Waals surface area (Å²) < 4.78 is 0. The van der Waals surface area contributed by atoms with E-state index in [-0.39, 0.29) is 18.7 Å². The Morgan fingerprint density at radius 2 is 2.42 bits per heavy atom. The van der Waals surface area contributed by atoms with Gasteiger partial charge in [-0.05, 0) is 13.8 Å². The number of aliphatic hydroxyl groups excluding tert-OH is 1. The van der Waals surface area contributed by atoms with Crippen molar-refractivity contribution in [1.82, 2.24) is 10.3 Å². The third-order valence-electron chi connectivity index (χ3n) is 1.70. The summed E-state index contributed by atoms with van der Waals surface area (Å²) in [6, 6.07) is 0.347. The number of hydrogen-bond donors (Lipinski definition) is 2. The van der Waals surface area contributed by atoms with Crippen molar-refractivity contribution in [2.75, 3.05) is 6.61 Å². The fraction of sp³-hybridized carbons (Fsp3) is 0.625. The van der Waals surface area contributed by atoms with Crippen LogP contribution >= 0.6 is 11.3 Å². The molecule has 1 aromatic rings. The molecule has 1 aromatic heterocycles. The average Bonchev–Trinajstić information content (AvgIpc) is 2.56. The van der Waals surface area contributed by atoms with Crippen LogP contribution in [0.25, 0.3) is 0 Å². The number of thiazole rings is 1. The number of rotatable bonds is 4. The van der Waals surface area contributed by atoms with Crippen molar-refractivity contribution >= 4 is 11.3 Å². The molecule has 1 unspecified atom stereocenters. The van der Waals surface area contributed by atoms with Gasteiger partial charge in [-0.25, -0.2) is 4.98 Å². The Morgan fingerprint density at radius 1 is 1.67 bits per heavy atom. The number of hydrogen-bond acceptors (Lipinski definition) is 4. The fourth-order valence-electron chi connectivity index (χ4n) is 1.00.